The summed E-state index contributed by atoms with van der Waals surface area (Å²) in [7, 11) is 4.87. The number of aryl methyl sites for hydroxylation is 2. The van der Waals surface area contributed by atoms with Crippen LogP contribution in [0.5, 0.6) is 0 Å². The Morgan fingerprint density at radius 3 is 2.54 bits per heavy atom. The van der Waals surface area contributed by atoms with E-state index in [1.165, 1.54) is 17.2 Å². The van der Waals surface area contributed by atoms with Crippen LogP contribution in [0.2, 0.25) is 0 Å². The third-order valence-corrected chi connectivity index (χ3v) is 4.92. The highest BCUT2D eigenvalue weighted by atomic mass is 127. The van der Waals surface area contributed by atoms with Crippen molar-refractivity contribution in [1.29, 1.82) is 0 Å². The highest BCUT2D eigenvalue weighted by Crippen LogP contribution is 2.14. The molecule has 3 aromatic rings. The number of hydrogen-bond donors (Lipinski definition) is 0. The first kappa shape index (κ1) is 16.7. The maximum atomic E-state index is 12.4. The van der Waals surface area contributed by atoms with E-state index in [1.54, 1.807) is 18.7 Å². The molecule has 1 aromatic carbocycles. The van der Waals surface area contributed by atoms with E-state index < -0.39 is 0 Å². The van der Waals surface area contributed by atoms with Gasteiger partial charge in [-0.05, 0) is 17.2 Å². The van der Waals surface area contributed by atoms with E-state index in [4.69, 9.17) is 0 Å². The molecule has 0 fully saturated rings. The molecule has 24 heavy (non-hydrogen) atoms. The predicted molar refractivity (Wildman–Crippen MR) is 104 cm³/mol. The van der Waals surface area contributed by atoms with Gasteiger partial charge in [0.05, 0.1) is 0 Å². The van der Waals surface area contributed by atoms with E-state index in [0.717, 1.165) is 14.6 Å². The van der Waals surface area contributed by atoms with Gasteiger partial charge in [-0.3, -0.25) is 13.9 Å². The Morgan fingerprint density at radius 2 is 1.83 bits per heavy atom. The van der Waals surface area contributed by atoms with Gasteiger partial charge < -0.3 is 4.57 Å². The number of hydrogen-bond acceptors (Lipinski definition) is 3. The van der Waals surface area contributed by atoms with Gasteiger partial charge in [0, 0.05) is 25.6 Å². The van der Waals surface area contributed by atoms with E-state index in [0.29, 0.717) is 17.0 Å². The SMILES string of the molecule is Cn1c(=O)c2c(nc(/C=C/c3cccc(CI)c3)n2C)n(C)c1=O. The molecule has 0 N–H and O–H groups in total. The lowest BCUT2D eigenvalue weighted by atomic mass is 10.1. The number of benzene rings is 1. The van der Waals surface area contributed by atoms with E-state index in [-0.39, 0.29) is 11.2 Å². The van der Waals surface area contributed by atoms with Crippen LogP contribution in [0, 0.1) is 0 Å². The molecule has 2 aromatic heterocycles. The molecule has 7 heteroatoms. The first-order valence-corrected chi connectivity index (χ1v) is 8.92. The largest absolute Gasteiger partial charge is 0.332 e. The van der Waals surface area contributed by atoms with Crippen molar-refractivity contribution >= 4 is 45.9 Å². The molecule has 0 radical (unpaired) electrons. The van der Waals surface area contributed by atoms with Gasteiger partial charge in [-0.15, -0.1) is 0 Å². The summed E-state index contributed by atoms with van der Waals surface area (Å²) in [6.07, 6.45) is 3.82. The van der Waals surface area contributed by atoms with Gasteiger partial charge in [0.2, 0.25) is 0 Å². The van der Waals surface area contributed by atoms with Crippen molar-refractivity contribution in [1.82, 2.24) is 18.7 Å². The molecular formula is C17H17IN4O2. The third-order valence-electron chi connectivity index (χ3n) is 4.04. The lowest BCUT2D eigenvalue weighted by Gasteiger charge is -2.03. The number of aromatic nitrogens is 4. The molecule has 0 aliphatic heterocycles. The van der Waals surface area contributed by atoms with E-state index in [9.17, 15) is 9.59 Å². The van der Waals surface area contributed by atoms with Gasteiger partial charge in [-0.1, -0.05) is 52.9 Å². The minimum absolute atomic E-state index is 0.338. The molecule has 0 bridgehead atoms. The van der Waals surface area contributed by atoms with Crippen LogP contribution < -0.4 is 11.2 Å². The minimum Gasteiger partial charge on any atom is -0.322 e. The first-order valence-electron chi connectivity index (χ1n) is 7.39. The lowest BCUT2D eigenvalue weighted by molar-refractivity contribution is 0.705. The highest BCUT2D eigenvalue weighted by molar-refractivity contribution is 14.1. The molecule has 3 rings (SSSR count). The van der Waals surface area contributed by atoms with Crippen molar-refractivity contribution in [3.63, 3.8) is 0 Å². The molecule has 0 atom stereocenters. The summed E-state index contributed by atoms with van der Waals surface area (Å²) in [5.41, 5.74) is 2.41. The number of alkyl halides is 1. The fourth-order valence-corrected chi connectivity index (χ4v) is 3.11. The van der Waals surface area contributed by atoms with Crippen LogP contribution in [0.25, 0.3) is 23.3 Å². The molecule has 0 unspecified atom stereocenters. The van der Waals surface area contributed by atoms with Crippen LogP contribution in [-0.2, 0) is 25.6 Å². The Labute approximate surface area is 152 Å². The summed E-state index contributed by atoms with van der Waals surface area (Å²) in [6.45, 7) is 0. The highest BCUT2D eigenvalue weighted by Gasteiger charge is 2.15. The zero-order valence-electron chi connectivity index (χ0n) is 13.7. The van der Waals surface area contributed by atoms with Crippen LogP contribution in [0.1, 0.15) is 17.0 Å². The molecular weight excluding hydrogens is 419 g/mol. The average molecular weight is 436 g/mol. The van der Waals surface area contributed by atoms with Crippen LogP contribution in [0.3, 0.4) is 0 Å². The Hall–Kier alpha value is -2.16. The molecule has 0 aliphatic rings. The number of nitrogens with zero attached hydrogens (tertiary/aromatic N) is 4. The van der Waals surface area contributed by atoms with Gasteiger partial charge in [0.15, 0.2) is 11.2 Å². The van der Waals surface area contributed by atoms with Gasteiger partial charge in [-0.2, -0.15) is 0 Å². The van der Waals surface area contributed by atoms with Crippen LogP contribution in [0.4, 0.5) is 0 Å². The lowest BCUT2D eigenvalue weighted by Crippen LogP contribution is -2.37. The standard InChI is InChI=1S/C17H17IN4O2/c1-20-13(8-7-11-5-4-6-12(9-11)10-18)19-15-14(20)16(23)22(3)17(24)21(15)2/h4-9H,10H2,1-3H3/b8-7+. The zero-order valence-corrected chi connectivity index (χ0v) is 15.8. The second kappa shape index (κ2) is 6.39. The van der Waals surface area contributed by atoms with Gasteiger partial charge in [-0.25, -0.2) is 9.78 Å². The van der Waals surface area contributed by atoms with Crippen molar-refractivity contribution in [2.24, 2.45) is 21.1 Å². The number of rotatable bonds is 3. The number of imidazole rings is 1. The fraction of sp³-hybridized carbons (Fsp3) is 0.235. The van der Waals surface area contributed by atoms with Crippen molar-refractivity contribution in [2.75, 3.05) is 0 Å². The van der Waals surface area contributed by atoms with E-state index >= 15 is 0 Å². The van der Waals surface area contributed by atoms with Gasteiger partial charge in [0.25, 0.3) is 5.56 Å². The second-order valence-electron chi connectivity index (χ2n) is 5.62. The van der Waals surface area contributed by atoms with E-state index in [2.05, 4.69) is 39.7 Å². The van der Waals surface area contributed by atoms with E-state index in [1.807, 2.05) is 24.3 Å². The summed E-state index contributed by atoms with van der Waals surface area (Å²) in [5, 5.41) is 0. The average Bonchev–Trinajstić information content (AvgIpc) is 2.93. The molecule has 0 saturated carbocycles. The maximum Gasteiger partial charge on any atom is 0.332 e. The number of fused-ring (bicyclic) bond motifs is 1. The van der Waals surface area contributed by atoms with Crippen molar-refractivity contribution < 1.29 is 0 Å². The van der Waals surface area contributed by atoms with Gasteiger partial charge >= 0.3 is 5.69 Å². The summed E-state index contributed by atoms with van der Waals surface area (Å²) >= 11 is 2.33. The van der Waals surface area contributed by atoms with Crippen molar-refractivity contribution in [3.8, 4) is 0 Å². The second-order valence-corrected chi connectivity index (χ2v) is 6.38. The summed E-state index contributed by atoms with van der Waals surface area (Å²) in [5.74, 6) is 0.628. The molecule has 2 heterocycles. The Balaban J connectivity index is 2.14. The van der Waals surface area contributed by atoms with Crippen LogP contribution in [0.15, 0.2) is 33.9 Å². The van der Waals surface area contributed by atoms with Crippen LogP contribution >= 0.6 is 22.6 Å². The first-order chi connectivity index (χ1) is 11.4. The Bertz CT molecular complexity index is 1070. The summed E-state index contributed by atoms with van der Waals surface area (Å²) in [6, 6.07) is 8.23. The predicted octanol–water partition coefficient (Wildman–Crippen LogP) is 2.08. The molecule has 0 spiro atoms. The molecule has 124 valence electrons. The number of halogens is 1. The topological polar surface area (TPSA) is 61.8 Å². The molecule has 6 nitrogen and oxygen atoms in total. The normalized spacial score (nSPS) is 11.7. The van der Waals surface area contributed by atoms with Gasteiger partial charge in [0.1, 0.15) is 5.82 Å². The zero-order chi connectivity index (χ0) is 17.4. The molecule has 0 saturated heterocycles. The monoisotopic (exact) mass is 436 g/mol. The summed E-state index contributed by atoms with van der Waals surface area (Å²) in [4.78, 5) is 28.8. The smallest absolute Gasteiger partial charge is 0.322 e. The quantitative estimate of drug-likeness (QED) is 0.467. The molecule has 0 aliphatic carbocycles. The van der Waals surface area contributed by atoms with Crippen LogP contribution in [-0.4, -0.2) is 18.7 Å². The Kier molecular flexibility index (Phi) is 4.44. The maximum absolute atomic E-state index is 12.4. The van der Waals surface area contributed by atoms with Crippen molar-refractivity contribution in [3.05, 3.63) is 62.1 Å². The fourth-order valence-electron chi connectivity index (χ4n) is 2.64. The minimum atomic E-state index is -0.379. The Morgan fingerprint density at radius 1 is 1.08 bits per heavy atom. The van der Waals surface area contributed by atoms with Crippen molar-refractivity contribution in [2.45, 2.75) is 4.43 Å². The molecule has 0 amide bonds. The summed E-state index contributed by atoms with van der Waals surface area (Å²) < 4.78 is 5.16. The third kappa shape index (κ3) is 2.72.